The molecular formula is C11H11FN2O5S. The monoisotopic (exact) mass is 302 g/mol. The van der Waals surface area contributed by atoms with Crippen molar-refractivity contribution in [1.29, 1.82) is 0 Å². The van der Waals surface area contributed by atoms with Crippen molar-refractivity contribution >= 4 is 27.9 Å². The predicted octanol–water partition coefficient (Wildman–Crippen LogP) is 0.273. The number of anilines is 1. The van der Waals surface area contributed by atoms with Crippen LogP contribution >= 0.6 is 0 Å². The Morgan fingerprint density at radius 1 is 1.55 bits per heavy atom. The fourth-order valence-corrected chi connectivity index (χ4v) is 2.56. The molecule has 0 aliphatic carbocycles. The second kappa shape index (κ2) is 5.16. The lowest BCUT2D eigenvalue weighted by Crippen LogP contribution is -2.27. The lowest BCUT2D eigenvalue weighted by molar-refractivity contribution is -0.117. The van der Waals surface area contributed by atoms with Gasteiger partial charge in [-0.2, -0.15) is 8.42 Å². The summed E-state index contributed by atoms with van der Waals surface area (Å²) >= 11 is 0. The number of carbonyl (C=O) groups excluding carboxylic acids is 2. The van der Waals surface area contributed by atoms with E-state index in [2.05, 4.69) is 9.72 Å². The Kier molecular flexibility index (Phi) is 3.71. The topological polar surface area (TPSA) is 93.6 Å². The molecule has 1 aliphatic heterocycles. The van der Waals surface area contributed by atoms with Crippen molar-refractivity contribution in [3.8, 4) is 0 Å². The van der Waals surface area contributed by atoms with Crippen LogP contribution in [0.15, 0.2) is 18.3 Å². The first-order valence-corrected chi connectivity index (χ1v) is 7.06. The number of carbonyl (C=O) groups is 2. The van der Waals surface area contributed by atoms with Crippen molar-refractivity contribution in [3.63, 3.8) is 0 Å². The highest BCUT2D eigenvalue weighted by atomic mass is 32.3. The third kappa shape index (κ3) is 2.77. The molecule has 1 aromatic rings. The molecular weight excluding hydrogens is 291 g/mol. The van der Waals surface area contributed by atoms with E-state index in [0.717, 1.165) is 4.90 Å². The van der Waals surface area contributed by atoms with E-state index in [1.807, 2.05) is 0 Å². The van der Waals surface area contributed by atoms with Gasteiger partial charge in [-0.3, -0.25) is 9.69 Å². The van der Waals surface area contributed by atoms with E-state index in [1.165, 1.54) is 25.4 Å². The quantitative estimate of drug-likeness (QED) is 0.588. The van der Waals surface area contributed by atoms with Crippen LogP contribution in [0, 0.1) is 0 Å². The van der Waals surface area contributed by atoms with Crippen LogP contribution in [-0.2, 0) is 19.8 Å². The molecule has 1 aliphatic rings. The van der Waals surface area contributed by atoms with E-state index < -0.39 is 33.8 Å². The van der Waals surface area contributed by atoms with Gasteiger partial charge in [-0.05, 0) is 12.1 Å². The highest BCUT2D eigenvalue weighted by Crippen LogP contribution is 2.25. The first kappa shape index (κ1) is 14.4. The molecule has 20 heavy (non-hydrogen) atoms. The first-order chi connectivity index (χ1) is 9.32. The van der Waals surface area contributed by atoms with Crippen molar-refractivity contribution in [1.82, 2.24) is 4.98 Å². The van der Waals surface area contributed by atoms with E-state index in [9.17, 15) is 21.9 Å². The Bertz CT molecular complexity index is 661. The van der Waals surface area contributed by atoms with Gasteiger partial charge in [0, 0.05) is 19.2 Å². The standard InChI is InChI=1S/C11H11FN2O5S/c1-19-11(16)7-2-3-13-9(4-7)14-6-8(5-10(14)15)20(12,17)18/h2-4,8H,5-6H2,1H3. The number of halogens is 1. The smallest absolute Gasteiger partial charge is 0.338 e. The van der Waals surface area contributed by atoms with Gasteiger partial charge in [-0.1, -0.05) is 0 Å². The number of rotatable bonds is 3. The fourth-order valence-electron chi connectivity index (χ4n) is 1.90. The van der Waals surface area contributed by atoms with Gasteiger partial charge >= 0.3 is 16.2 Å². The molecule has 2 heterocycles. The van der Waals surface area contributed by atoms with Crippen LogP contribution in [0.5, 0.6) is 0 Å². The molecule has 0 N–H and O–H groups in total. The summed E-state index contributed by atoms with van der Waals surface area (Å²) in [6.07, 6.45) is 0.842. The van der Waals surface area contributed by atoms with Gasteiger partial charge in [-0.15, -0.1) is 3.89 Å². The van der Waals surface area contributed by atoms with Crippen LogP contribution in [0.25, 0.3) is 0 Å². The molecule has 0 radical (unpaired) electrons. The summed E-state index contributed by atoms with van der Waals surface area (Å²) in [6, 6.07) is 2.68. The van der Waals surface area contributed by atoms with Gasteiger partial charge in [0.05, 0.1) is 12.7 Å². The Balaban J connectivity index is 2.29. The van der Waals surface area contributed by atoms with Crippen molar-refractivity contribution in [3.05, 3.63) is 23.9 Å². The zero-order valence-electron chi connectivity index (χ0n) is 10.4. The van der Waals surface area contributed by atoms with Gasteiger partial charge in [0.25, 0.3) is 0 Å². The maximum absolute atomic E-state index is 12.9. The van der Waals surface area contributed by atoms with Gasteiger partial charge in [0.2, 0.25) is 5.91 Å². The Labute approximate surface area is 114 Å². The number of ether oxygens (including phenoxy) is 1. The average molecular weight is 302 g/mol. The highest BCUT2D eigenvalue weighted by molar-refractivity contribution is 7.87. The number of methoxy groups -OCH3 is 1. The zero-order chi connectivity index (χ0) is 14.9. The molecule has 1 saturated heterocycles. The van der Waals surface area contributed by atoms with Crippen LogP contribution in [0.3, 0.4) is 0 Å². The second-order valence-corrected chi connectivity index (χ2v) is 5.82. The molecule has 1 amide bonds. The number of hydrogen-bond donors (Lipinski definition) is 0. The minimum absolute atomic E-state index is 0.0871. The highest BCUT2D eigenvalue weighted by Gasteiger charge is 2.39. The minimum atomic E-state index is -4.79. The molecule has 2 rings (SSSR count). The third-order valence-corrected chi connectivity index (χ3v) is 4.04. The maximum Gasteiger partial charge on any atom is 0.338 e. The van der Waals surface area contributed by atoms with Crippen LogP contribution in [-0.4, -0.2) is 44.2 Å². The van der Waals surface area contributed by atoms with Gasteiger partial charge in [-0.25, -0.2) is 9.78 Å². The zero-order valence-corrected chi connectivity index (χ0v) is 11.3. The van der Waals surface area contributed by atoms with Gasteiger partial charge < -0.3 is 4.74 Å². The van der Waals surface area contributed by atoms with Crippen LogP contribution in [0.4, 0.5) is 9.70 Å². The molecule has 1 fully saturated rings. The molecule has 1 aromatic heterocycles. The van der Waals surface area contributed by atoms with Crippen molar-refractivity contribution < 1.29 is 26.6 Å². The number of esters is 1. The molecule has 1 atom stereocenters. The van der Waals surface area contributed by atoms with Gasteiger partial charge in [0.1, 0.15) is 11.1 Å². The number of hydrogen-bond acceptors (Lipinski definition) is 6. The van der Waals surface area contributed by atoms with E-state index in [1.54, 1.807) is 0 Å². The fraction of sp³-hybridized carbons (Fsp3) is 0.364. The Morgan fingerprint density at radius 2 is 2.25 bits per heavy atom. The molecule has 108 valence electrons. The normalized spacial score (nSPS) is 19.2. The third-order valence-electron chi connectivity index (χ3n) is 2.93. The number of aromatic nitrogens is 1. The van der Waals surface area contributed by atoms with Crippen molar-refractivity contribution in [2.24, 2.45) is 0 Å². The maximum atomic E-state index is 12.9. The molecule has 9 heteroatoms. The predicted molar refractivity (Wildman–Crippen MR) is 66.4 cm³/mol. The number of nitrogens with zero attached hydrogens (tertiary/aromatic N) is 2. The summed E-state index contributed by atoms with van der Waals surface area (Å²) < 4.78 is 39.1. The lowest BCUT2D eigenvalue weighted by Gasteiger charge is -2.15. The number of pyridine rings is 1. The average Bonchev–Trinajstić information content (AvgIpc) is 2.80. The summed E-state index contributed by atoms with van der Waals surface area (Å²) in [5.74, 6) is -1.09. The Hall–Kier alpha value is -2.03. The second-order valence-electron chi connectivity index (χ2n) is 4.20. The molecule has 0 aromatic carbocycles. The molecule has 0 saturated carbocycles. The van der Waals surface area contributed by atoms with Crippen LogP contribution in [0.1, 0.15) is 16.8 Å². The molecule has 0 spiro atoms. The van der Waals surface area contributed by atoms with Crippen molar-refractivity contribution in [2.75, 3.05) is 18.6 Å². The summed E-state index contributed by atoms with van der Waals surface area (Å²) in [4.78, 5) is 28.0. The summed E-state index contributed by atoms with van der Waals surface area (Å²) in [5.41, 5.74) is 0.164. The van der Waals surface area contributed by atoms with E-state index >= 15 is 0 Å². The SMILES string of the molecule is COC(=O)c1ccnc(N2CC(S(=O)(=O)F)CC2=O)c1. The van der Waals surface area contributed by atoms with Gasteiger partial charge in [0.15, 0.2) is 0 Å². The van der Waals surface area contributed by atoms with E-state index in [4.69, 9.17) is 0 Å². The molecule has 0 bridgehead atoms. The summed E-state index contributed by atoms with van der Waals surface area (Å²) in [7, 11) is -3.59. The minimum Gasteiger partial charge on any atom is -0.465 e. The molecule has 1 unspecified atom stereocenters. The van der Waals surface area contributed by atoms with Crippen LogP contribution in [0.2, 0.25) is 0 Å². The first-order valence-electron chi connectivity index (χ1n) is 5.61. The molecule has 7 nitrogen and oxygen atoms in total. The summed E-state index contributed by atoms with van der Waals surface area (Å²) in [5, 5.41) is -1.40. The lowest BCUT2D eigenvalue weighted by atomic mass is 10.2. The number of amides is 1. The summed E-state index contributed by atoms with van der Waals surface area (Å²) in [6.45, 7) is -0.324. The largest absolute Gasteiger partial charge is 0.465 e. The van der Waals surface area contributed by atoms with Crippen molar-refractivity contribution in [2.45, 2.75) is 11.7 Å². The van der Waals surface area contributed by atoms with E-state index in [0.29, 0.717) is 0 Å². The van der Waals surface area contributed by atoms with Crippen LogP contribution < -0.4 is 4.90 Å². The van der Waals surface area contributed by atoms with E-state index in [-0.39, 0.29) is 17.9 Å². The Morgan fingerprint density at radius 3 is 2.80 bits per heavy atom.